The lowest BCUT2D eigenvalue weighted by atomic mass is 10.1. The second kappa shape index (κ2) is 11.4. The Kier molecular flexibility index (Phi) is 8.12. The average Bonchev–Trinajstić information content (AvgIpc) is 2.86. The fraction of sp³-hybridized carbons (Fsp3) is 0.154. The summed E-state index contributed by atoms with van der Waals surface area (Å²) in [6.07, 6.45) is 1.02. The van der Waals surface area contributed by atoms with Crippen molar-refractivity contribution < 1.29 is 19.8 Å². The molecule has 0 heterocycles. The summed E-state index contributed by atoms with van der Waals surface area (Å²) in [6, 6.07) is 19.6. The lowest BCUT2D eigenvalue weighted by Gasteiger charge is -2.08. The zero-order chi connectivity index (χ0) is 24.5. The number of para-hydroxylation sites is 2. The minimum absolute atomic E-state index is 0.0871. The summed E-state index contributed by atoms with van der Waals surface area (Å²) in [7, 11) is 0. The van der Waals surface area contributed by atoms with Crippen molar-refractivity contribution in [2.45, 2.75) is 26.7 Å². The average molecular weight is 459 g/mol. The third kappa shape index (κ3) is 5.86. The zero-order valence-electron chi connectivity index (χ0n) is 18.9. The molecule has 34 heavy (non-hydrogen) atoms. The van der Waals surface area contributed by atoms with E-state index in [0.29, 0.717) is 46.5 Å². The number of carbonyl (C=O) groups excluding carboxylic acids is 2. The predicted octanol–water partition coefficient (Wildman–Crippen LogP) is 4.19. The fourth-order valence-electron chi connectivity index (χ4n) is 3.23. The maximum absolute atomic E-state index is 12.5. The lowest BCUT2D eigenvalue weighted by molar-refractivity contribution is 0.0943. The highest BCUT2D eigenvalue weighted by Gasteiger charge is 2.12. The van der Waals surface area contributed by atoms with Gasteiger partial charge in [0.25, 0.3) is 11.8 Å². The van der Waals surface area contributed by atoms with Crippen molar-refractivity contribution in [1.29, 1.82) is 0 Å². The molecule has 0 atom stereocenters. The largest absolute Gasteiger partial charge is 0.507 e. The summed E-state index contributed by atoms with van der Waals surface area (Å²) in [4.78, 5) is 25.0. The Morgan fingerprint density at radius 3 is 1.32 bits per heavy atom. The predicted molar refractivity (Wildman–Crippen MR) is 131 cm³/mol. The van der Waals surface area contributed by atoms with Gasteiger partial charge in [-0.05, 0) is 61.4 Å². The molecule has 0 spiro atoms. The molecule has 0 aromatic heterocycles. The molecule has 0 aliphatic heterocycles. The summed E-state index contributed by atoms with van der Waals surface area (Å²) >= 11 is 0. The summed E-state index contributed by atoms with van der Waals surface area (Å²) < 4.78 is 0. The number of phenols is 2. The smallest absolute Gasteiger partial charge is 0.271 e. The molecule has 3 aromatic rings. The Morgan fingerprint density at radius 2 is 1.00 bits per heavy atom. The van der Waals surface area contributed by atoms with Crippen molar-refractivity contribution in [3.63, 3.8) is 0 Å². The van der Waals surface area contributed by atoms with Gasteiger partial charge in [-0.1, -0.05) is 38.1 Å². The Labute approximate surface area is 197 Å². The van der Waals surface area contributed by atoms with Gasteiger partial charge < -0.3 is 10.2 Å². The Hall–Kier alpha value is -4.46. The number of hydrazone groups is 2. The van der Waals surface area contributed by atoms with Gasteiger partial charge in [0.05, 0.1) is 11.4 Å². The van der Waals surface area contributed by atoms with E-state index in [9.17, 15) is 19.8 Å². The second-order valence-electron chi connectivity index (χ2n) is 7.32. The van der Waals surface area contributed by atoms with Crippen LogP contribution < -0.4 is 10.9 Å². The monoisotopic (exact) mass is 458 g/mol. The van der Waals surface area contributed by atoms with Crippen LogP contribution >= 0.6 is 0 Å². The molecule has 174 valence electrons. The van der Waals surface area contributed by atoms with E-state index in [4.69, 9.17) is 0 Å². The van der Waals surface area contributed by atoms with Crippen LogP contribution in [0.15, 0.2) is 83.0 Å². The van der Waals surface area contributed by atoms with E-state index in [1.54, 1.807) is 48.5 Å². The van der Waals surface area contributed by atoms with E-state index in [1.165, 1.54) is 24.3 Å². The Bertz CT molecular complexity index is 1140. The van der Waals surface area contributed by atoms with E-state index >= 15 is 0 Å². The van der Waals surface area contributed by atoms with Crippen molar-refractivity contribution in [1.82, 2.24) is 10.9 Å². The van der Waals surface area contributed by atoms with E-state index in [1.807, 2.05) is 13.8 Å². The minimum Gasteiger partial charge on any atom is -0.507 e. The number of nitrogens with one attached hydrogen (secondary N) is 2. The first-order chi connectivity index (χ1) is 16.4. The number of hydrogen-bond acceptors (Lipinski definition) is 6. The Balaban J connectivity index is 1.67. The fourth-order valence-corrected chi connectivity index (χ4v) is 3.23. The van der Waals surface area contributed by atoms with Gasteiger partial charge in [0.1, 0.15) is 11.5 Å². The molecule has 0 aliphatic carbocycles. The van der Waals surface area contributed by atoms with E-state index < -0.39 is 11.8 Å². The first-order valence-electron chi connectivity index (χ1n) is 10.8. The normalized spacial score (nSPS) is 11.7. The van der Waals surface area contributed by atoms with E-state index in [2.05, 4.69) is 21.1 Å². The van der Waals surface area contributed by atoms with Crippen LogP contribution in [0.2, 0.25) is 0 Å². The van der Waals surface area contributed by atoms with E-state index in [-0.39, 0.29) is 11.5 Å². The van der Waals surface area contributed by atoms with Crippen LogP contribution in [0.3, 0.4) is 0 Å². The van der Waals surface area contributed by atoms with Crippen LogP contribution in [0.1, 0.15) is 58.5 Å². The van der Waals surface area contributed by atoms with Gasteiger partial charge in [0.15, 0.2) is 0 Å². The van der Waals surface area contributed by atoms with Crippen LogP contribution in [-0.4, -0.2) is 33.5 Å². The van der Waals surface area contributed by atoms with Crippen LogP contribution in [0.5, 0.6) is 11.5 Å². The zero-order valence-corrected chi connectivity index (χ0v) is 18.9. The first-order valence-corrected chi connectivity index (χ1v) is 10.8. The highest BCUT2D eigenvalue weighted by atomic mass is 16.3. The number of nitrogens with zero attached hydrogens (tertiary/aromatic N) is 2. The van der Waals surface area contributed by atoms with Crippen molar-refractivity contribution in [3.8, 4) is 11.5 Å². The molecule has 8 heteroatoms. The third-order valence-electron chi connectivity index (χ3n) is 5.09. The molecular formula is C26H26N4O4. The number of carbonyl (C=O) groups is 2. The van der Waals surface area contributed by atoms with Crippen LogP contribution in [0.25, 0.3) is 0 Å². The molecule has 4 N–H and O–H groups in total. The number of amides is 2. The highest BCUT2D eigenvalue weighted by molar-refractivity contribution is 6.05. The number of hydrogen-bond donors (Lipinski definition) is 4. The number of rotatable bonds is 8. The highest BCUT2D eigenvalue weighted by Crippen LogP contribution is 2.19. The van der Waals surface area contributed by atoms with Gasteiger partial charge in [0.2, 0.25) is 0 Å². The van der Waals surface area contributed by atoms with Crippen molar-refractivity contribution in [2.75, 3.05) is 0 Å². The minimum atomic E-state index is -0.445. The molecule has 8 nitrogen and oxygen atoms in total. The third-order valence-corrected chi connectivity index (χ3v) is 5.09. The number of benzene rings is 3. The number of phenolic OH excluding ortho intramolecular Hbond substituents is 2. The molecule has 0 fully saturated rings. The summed E-state index contributed by atoms with van der Waals surface area (Å²) in [5, 5.41) is 28.3. The van der Waals surface area contributed by atoms with Crippen molar-refractivity contribution in [3.05, 3.63) is 95.1 Å². The second-order valence-corrected chi connectivity index (χ2v) is 7.32. The molecule has 2 amide bonds. The van der Waals surface area contributed by atoms with Gasteiger partial charge in [-0.25, -0.2) is 10.9 Å². The molecule has 0 saturated carbocycles. The molecular weight excluding hydrogens is 432 g/mol. The quantitative estimate of drug-likeness (QED) is 0.299. The first kappa shape index (κ1) is 24.2. The standard InChI is InChI=1S/C26H26N4O4/c1-3-21(19-9-5-7-11-23(19)31)27-29-25(33)17-13-15-18(16-14-17)26(34)30-28-22(4-2)20-10-6-8-12-24(20)32/h5-16,31-32H,3-4H2,1-2H3,(H,29,33)(H,30,34)/b27-21+,28-22+. The molecule has 0 radical (unpaired) electrons. The van der Waals surface area contributed by atoms with Crippen LogP contribution in [0, 0.1) is 0 Å². The molecule has 0 bridgehead atoms. The van der Waals surface area contributed by atoms with Crippen molar-refractivity contribution >= 4 is 23.2 Å². The molecule has 0 saturated heterocycles. The molecule has 0 unspecified atom stereocenters. The molecule has 0 aliphatic rings. The molecule has 3 aromatic carbocycles. The van der Waals surface area contributed by atoms with Gasteiger partial charge >= 0.3 is 0 Å². The molecule has 3 rings (SSSR count). The maximum Gasteiger partial charge on any atom is 0.271 e. The van der Waals surface area contributed by atoms with Gasteiger partial charge in [-0.15, -0.1) is 0 Å². The summed E-state index contributed by atoms with van der Waals surface area (Å²) in [5.41, 5.74) is 7.79. The SMILES string of the molecule is CC/C(=N\NC(=O)c1ccc(C(=O)N/N=C(\CC)c2ccccc2O)cc1)c1ccccc1O. The van der Waals surface area contributed by atoms with Crippen molar-refractivity contribution in [2.24, 2.45) is 10.2 Å². The van der Waals surface area contributed by atoms with E-state index in [0.717, 1.165) is 0 Å². The lowest BCUT2D eigenvalue weighted by Crippen LogP contribution is -2.22. The van der Waals surface area contributed by atoms with Crippen LogP contribution in [0.4, 0.5) is 0 Å². The summed E-state index contributed by atoms with van der Waals surface area (Å²) in [6.45, 7) is 3.74. The topological polar surface area (TPSA) is 123 Å². The van der Waals surface area contributed by atoms with Crippen LogP contribution in [-0.2, 0) is 0 Å². The summed E-state index contributed by atoms with van der Waals surface area (Å²) in [5.74, 6) is -0.716. The van der Waals surface area contributed by atoms with Gasteiger partial charge in [0, 0.05) is 22.3 Å². The van der Waals surface area contributed by atoms with Gasteiger partial charge in [-0.2, -0.15) is 10.2 Å². The van der Waals surface area contributed by atoms with Gasteiger partial charge in [-0.3, -0.25) is 9.59 Å². The maximum atomic E-state index is 12.5. The Morgan fingerprint density at radius 1 is 0.647 bits per heavy atom. The number of aromatic hydroxyl groups is 2.